The van der Waals surface area contributed by atoms with Crippen molar-refractivity contribution in [3.8, 4) is 0 Å². The number of imidazole rings is 1. The number of aromatic nitrogens is 4. The number of fused-ring (bicyclic) bond motifs is 1. The Labute approximate surface area is 135 Å². The zero-order valence-electron chi connectivity index (χ0n) is 12.9. The zero-order chi connectivity index (χ0) is 14.8. The van der Waals surface area contributed by atoms with Crippen LogP contribution in [0.25, 0.3) is 11.0 Å². The van der Waals surface area contributed by atoms with Gasteiger partial charge in [0.1, 0.15) is 12.4 Å². The SMILES string of the molecule is CNC(C)Cc1noc(Cn2c(C)nc3ccccc32)n1.Cl. The van der Waals surface area contributed by atoms with Gasteiger partial charge in [-0.05, 0) is 33.0 Å². The number of nitrogens with one attached hydrogen (secondary N) is 1. The highest BCUT2D eigenvalue weighted by molar-refractivity contribution is 5.85. The molecule has 2 heterocycles. The first-order valence-electron chi connectivity index (χ1n) is 7.08. The molecule has 3 rings (SSSR count). The lowest BCUT2D eigenvalue weighted by atomic mass is 10.2. The van der Waals surface area contributed by atoms with Crippen LogP contribution < -0.4 is 5.32 Å². The molecule has 0 saturated heterocycles. The predicted molar refractivity (Wildman–Crippen MR) is 87.3 cm³/mol. The summed E-state index contributed by atoms with van der Waals surface area (Å²) in [5.74, 6) is 2.29. The van der Waals surface area contributed by atoms with Crippen LogP contribution in [0, 0.1) is 6.92 Å². The molecule has 2 aromatic heterocycles. The monoisotopic (exact) mass is 321 g/mol. The van der Waals surface area contributed by atoms with Crippen molar-refractivity contribution in [2.24, 2.45) is 0 Å². The highest BCUT2D eigenvalue weighted by atomic mass is 35.5. The number of hydrogen-bond donors (Lipinski definition) is 1. The molecule has 0 saturated carbocycles. The van der Waals surface area contributed by atoms with Gasteiger partial charge in [-0.15, -0.1) is 12.4 Å². The Hall–Kier alpha value is -1.92. The largest absolute Gasteiger partial charge is 0.337 e. The van der Waals surface area contributed by atoms with E-state index in [1.165, 1.54) is 0 Å². The van der Waals surface area contributed by atoms with Crippen molar-refractivity contribution in [1.29, 1.82) is 0 Å². The minimum atomic E-state index is 0. The van der Waals surface area contributed by atoms with Gasteiger partial charge in [0.25, 0.3) is 0 Å². The first-order chi connectivity index (χ1) is 10.2. The first kappa shape index (κ1) is 16.5. The van der Waals surface area contributed by atoms with E-state index in [2.05, 4.69) is 38.0 Å². The van der Waals surface area contributed by atoms with Gasteiger partial charge < -0.3 is 14.4 Å². The summed E-state index contributed by atoms with van der Waals surface area (Å²) in [4.78, 5) is 9.00. The molecule has 0 fully saturated rings. The molecular weight excluding hydrogens is 302 g/mol. The second kappa shape index (κ2) is 6.89. The fourth-order valence-corrected chi connectivity index (χ4v) is 2.34. The number of hydrogen-bond acceptors (Lipinski definition) is 5. The van der Waals surface area contributed by atoms with E-state index in [1.807, 2.05) is 32.2 Å². The number of halogens is 1. The third-order valence-corrected chi connectivity index (χ3v) is 3.63. The molecule has 1 N–H and O–H groups in total. The lowest BCUT2D eigenvalue weighted by molar-refractivity contribution is 0.365. The summed E-state index contributed by atoms with van der Waals surface area (Å²) >= 11 is 0. The Bertz CT molecular complexity index is 751. The molecule has 118 valence electrons. The maximum absolute atomic E-state index is 5.35. The van der Waals surface area contributed by atoms with Crippen LogP contribution in [0.3, 0.4) is 0 Å². The Morgan fingerprint density at radius 2 is 2.05 bits per heavy atom. The number of benzene rings is 1. The van der Waals surface area contributed by atoms with E-state index >= 15 is 0 Å². The molecule has 1 aromatic carbocycles. The van der Waals surface area contributed by atoms with Crippen LogP contribution in [-0.4, -0.2) is 32.8 Å². The van der Waals surface area contributed by atoms with Crippen molar-refractivity contribution in [1.82, 2.24) is 25.0 Å². The predicted octanol–water partition coefficient (Wildman–Crippen LogP) is 2.35. The maximum atomic E-state index is 5.35. The van der Waals surface area contributed by atoms with Gasteiger partial charge in [-0.25, -0.2) is 4.98 Å². The van der Waals surface area contributed by atoms with Gasteiger partial charge in [-0.1, -0.05) is 17.3 Å². The summed E-state index contributed by atoms with van der Waals surface area (Å²) in [5, 5.41) is 7.20. The standard InChI is InChI=1S/C15H19N5O.ClH/c1-10(16-3)8-14-18-15(21-19-14)9-20-11(2)17-12-6-4-5-7-13(12)20;/h4-7,10,16H,8-9H2,1-3H3;1H. The van der Waals surface area contributed by atoms with Crippen LogP contribution in [0.4, 0.5) is 0 Å². The third kappa shape index (κ3) is 3.28. The van der Waals surface area contributed by atoms with Crippen LogP contribution in [0.2, 0.25) is 0 Å². The molecule has 0 spiro atoms. The molecule has 0 aliphatic heterocycles. The lowest BCUT2D eigenvalue weighted by Crippen LogP contribution is -2.24. The van der Waals surface area contributed by atoms with E-state index in [4.69, 9.17) is 4.52 Å². The molecule has 0 bridgehead atoms. The third-order valence-electron chi connectivity index (χ3n) is 3.63. The Morgan fingerprint density at radius 3 is 2.82 bits per heavy atom. The fraction of sp³-hybridized carbons (Fsp3) is 0.400. The molecule has 0 amide bonds. The van der Waals surface area contributed by atoms with Gasteiger partial charge in [-0.3, -0.25) is 0 Å². The first-order valence-corrected chi connectivity index (χ1v) is 7.08. The van der Waals surface area contributed by atoms with Crippen molar-refractivity contribution in [3.05, 3.63) is 41.8 Å². The summed E-state index contributed by atoms with van der Waals surface area (Å²) in [6.07, 6.45) is 0.754. The second-order valence-electron chi connectivity index (χ2n) is 5.23. The van der Waals surface area contributed by atoms with E-state index in [0.717, 1.165) is 29.1 Å². The average Bonchev–Trinajstić information content (AvgIpc) is 3.04. The number of nitrogens with zero attached hydrogens (tertiary/aromatic N) is 4. The second-order valence-corrected chi connectivity index (χ2v) is 5.23. The van der Waals surface area contributed by atoms with Crippen molar-refractivity contribution in [3.63, 3.8) is 0 Å². The van der Waals surface area contributed by atoms with E-state index in [9.17, 15) is 0 Å². The summed E-state index contributed by atoms with van der Waals surface area (Å²) in [6.45, 7) is 4.62. The van der Waals surface area contributed by atoms with Gasteiger partial charge in [-0.2, -0.15) is 4.98 Å². The number of likely N-dealkylation sites (N-methyl/N-ethyl adjacent to an activating group) is 1. The van der Waals surface area contributed by atoms with Crippen molar-refractivity contribution >= 4 is 23.4 Å². The molecule has 0 aliphatic carbocycles. The van der Waals surface area contributed by atoms with Crippen LogP contribution in [0.1, 0.15) is 24.5 Å². The molecular formula is C15H20ClN5O. The lowest BCUT2D eigenvalue weighted by Gasteiger charge is -2.05. The quantitative estimate of drug-likeness (QED) is 0.781. The summed E-state index contributed by atoms with van der Waals surface area (Å²) < 4.78 is 7.44. The summed E-state index contributed by atoms with van der Waals surface area (Å²) in [7, 11) is 1.92. The maximum Gasteiger partial charge on any atom is 0.246 e. The van der Waals surface area contributed by atoms with Gasteiger partial charge in [0.05, 0.1) is 11.0 Å². The Kier molecular flexibility index (Phi) is 5.15. The molecule has 0 radical (unpaired) electrons. The fourth-order valence-electron chi connectivity index (χ4n) is 2.34. The van der Waals surface area contributed by atoms with E-state index in [1.54, 1.807) is 0 Å². The number of aryl methyl sites for hydroxylation is 1. The van der Waals surface area contributed by atoms with Gasteiger partial charge in [0, 0.05) is 12.5 Å². The van der Waals surface area contributed by atoms with Crippen molar-refractivity contribution in [2.45, 2.75) is 32.9 Å². The Balaban J connectivity index is 0.00000176. The zero-order valence-corrected chi connectivity index (χ0v) is 13.7. The van der Waals surface area contributed by atoms with Gasteiger partial charge in [0.2, 0.25) is 5.89 Å². The molecule has 0 aliphatic rings. The normalized spacial score (nSPS) is 12.3. The minimum Gasteiger partial charge on any atom is -0.337 e. The van der Waals surface area contributed by atoms with E-state index in [0.29, 0.717) is 18.5 Å². The molecule has 1 atom stereocenters. The summed E-state index contributed by atoms with van der Waals surface area (Å²) in [6, 6.07) is 8.38. The molecule has 1 unspecified atom stereocenters. The topological polar surface area (TPSA) is 68.8 Å². The number of para-hydroxylation sites is 2. The molecule has 7 heteroatoms. The van der Waals surface area contributed by atoms with Crippen LogP contribution in [0.5, 0.6) is 0 Å². The highest BCUT2D eigenvalue weighted by Gasteiger charge is 2.13. The van der Waals surface area contributed by atoms with Crippen LogP contribution >= 0.6 is 12.4 Å². The number of rotatable bonds is 5. The average molecular weight is 322 g/mol. The summed E-state index contributed by atoms with van der Waals surface area (Å²) in [5.41, 5.74) is 2.07. The van der Waals surface area contributed by atoms with Crippen LogP contribution in [-0.2, 0) is 13.0 Å². The minimum absolute atomic E-state index is 0. The highest BCUT2D eigenvalue weighted by Crippen LogP contribution is 2.16. The van der Waals surface area contributed by atoms with Crippen LogP contribution in [0.15, 0.2) is 28.8 Å². The van der Waals surface area contributed by atoms with Gasteiger partial charge in [0.15, 0.2) is 5.82 Å². The molecule has 6 nitrogen and oxygen atoms in total. The van der Waals surface area contributed by atoms with E-state index in [-0.39, 0.29) is 12.4 Å². The smallest absolute Gasteiger partial charge is 0.246 e. The Morgan fingerprint density at radius 1 is 1.27 bits per heavy atom. The van der Waals surface area contributed by atoms with Gasteiger partial charge >= 0.3 is 0 Å². The molecule has 22 heavy (non-hydrogen) atoms. The van der Waals surface area contributed by atoms with Crippen molar-refractivity contribution in [2.75, 3.05) is 7.05 Å². The molecule has 3 aromatic rings. The van der Waals surface area contributed by atoms with Crippen molar-refractivity contribution < 1.29 is 4.52 Å². The van der Waals surface area contributed by atoms with E-state index < -0.39 is 0 Å².